The number of anilines is 1. The van der Waals surface area contributed by atoms with E-state index >= 15 is 0 Å². The van der Waals surface area contributed by atoms with Gasteiger partial charge in [-0.2, -0.15) is 5.10 Å². The van der Waals surface area contributed by atoms with E-state index in [-0.39, 0.29) is 5.78 Å². The molecule has 0 unspecified atom stereocenters. The van der Waals surface area contributed by atoms with E-state index in [1.807, 2.05) is 24.3 Å². The fourth-order valence-corrected chi connectivity index (χ4v) is 2.12. The number of nitrogen functional groups attached to an aromatic ring is 1. The third-order valence-corrected chi connectivity index (χ3v) is 3.13. The van der Waals surface area contributed by atoms with Gasteiger partial charge in [0.25, 0.3) is 0 Å². The van der Waals surface area contributed by atoms with Crippen LogP contribution in [0, 0.1) is 0 Å². The molecule has 2 N–H and O–H groups in total. The van der Waals surface area contributed by atoms with Gasteiger partial charge in [-0.05, 0) is 30.5 Å². The fourth-order valence-electron chi connectivity index (χ4n) is 2.12. The molecule has 1 heterocycles. The Morgan fingerprint density at radius 2 is 2.25 bits per heavy atom. The Balaban J connectivity index is 1.88. The first kappa shape index (κ1) is 14.2. The standard InChI is InChI=1S/C15H20N4O/c1-2-8-19-15(17-11-18-19)10-14(20)7-6-12-4-3-5-13(16)9-12/h3-5,9,11H,2,6-8,10,16H2,1H3. The molecule has 106 valence electrons. The number of Topliss-reactive ketones (excluding diaryl/α,β-unsaturated/α-hetero) is 1. The first-order valence-corrected chi connectivity index (χ1v) is 6.92. The van der Waals surface area contributed by atoms with Gasteiger partial charge in [0.05, 0.1) is 6.42 Å². The number of carbonyl (C=O) groups excluding carboxylic acids is 1. The zero-order valence-corrected chi connectivity index (χ0v) is 11.7. The summed E-state index contributed by atoms with van der Waals surface area (Å²) in [6, 6.07) is 7.65. The Labute approximate surface area is 118 Å². The molecule has 0 spiro atoms. The van der Waals surface area contributed by atoms with E-state index < -0.39 is 0 Å². The molecule has 20 heavy (non-hydrogen) atoms. The molecular formula is C15H20N4O. The number of ketones is 1. The number of rotatable bonds is 7. The molecule has 2 rings (SSSR count). The Hall–Kier alpha value is -2.17. The second-order valence-corrected chi connectivity index (χ2v) is 4.86. The van der Waals surface area contributed by atoms with Gasteiger partial charge >= 0.3 is 0 Å². The minimum atomic E-state index is 0.178. The van der Waals surface area contributed by atoms with Crippen molar-refractivity contribution < 1.29 is 4.79 Å². The normalized spacial score (nSPS) is 10.7. The van der Waals surface area contributed by atoms with Crippen LogP contribution in [-0.2, 0) is 24.2 Å². The number of aryl methyl sites for hydroxylation is 2. The molecular weight excluding hydrogens is 252 g/mol. The Morgan fingerprint density at radius 3 is 3.00 bits per heavy atom. The van der Waals surface area contributed by atoms with Gasteiger partial charge in [-0.25, -0.2) is 9.67 Å². The van der Waals surface area contributed by atoms with Crippen molar-refractivity contribution in [2.45, 2.75) is 39.2 Å². The van der Waals surface area contributed by atoms with E-state index in [9.17, 15) is 4.79 Å². The second-order valence-electron chi connectivity index (χ2n) is 4.86. The number of aromatic nitrogens is 3. The van der Waals surface area contributed by atoms with E-state index in [0.717, 1.165) is 30.0 Å². The van der Waals surface area contributed by atoms with E-state index in [2.05, 4.69) is 17.0 Å². The highest BCUT2D eigenvalue weighted by Gasteiger charge is 2.10. The van der Waals surface area contributed by atoms with Crippen LogP contribution in [0.5, 0.6) is 0 Å². The highest BCUT2D eigenvalue weighted by atomic mass is 16.1. The molecule has 0 aliphatic rings. The fraction of sp³-hybridized carbons (Fsp3) is 0.400. The molecule has 0 bridgehead atoms. The average Bonchev–Trinajstić information content (AvgIpc) is 2.84. The van der Waals surface area contributed by atoms with Crippen LogP contribution in [0.15, 0.2) is 30.6 Å². The van der Waals surface area contributed by atoms with Crippen molar-refractivity contribution in [3.63, 3.8) is 0 Å². The number of carbonyl (C=O) groups is 1. The van der Waals surface area contributed by atoms with Crippen LogP contribution in [0.1, 0.15) is 31.2 Å². The predicted octanol–water partition coefficient (Wildman–Crippen LogP) is 2.01. The van der Waals surface area contributed by atoms with Crippen molar-refractivity contribution in [3.05, 3.63) is 42.0 Å². The molecule has 0 saturated heterocycles. The first-order chi connectivity index (χ1) is 9.69. The lowest BCUT2D eigenvalue weighted by Gasteiger charge is -2.04. The molecule has 2 aromatic rings. The van der Waals surface area contributed by atoms with Gasteiger partial charge in [0.15, 0.2) is 0 Å². The number of hydrogen-bond acceptors (Lipinski definition) is 4. The summed E-state index contributed by atoms with van der Waals surface area (Å²) in [6.07, 6.45) is 4.06. The molecule has 0 atom stereocenters. The van der Waals surface area contributed by atoms with Crippen LogP contribution in [-0.4, -0.2) is 20.5 Å². The minimum absolute atomic E-state index is 0.178. The molecule has 0 saturated carbocycles. The summed E-state index contributed by atoms with van der Waals surface area (Å²) in [7, 11) is 0. The van der Waals surface area contributed by atoms with Gasteiger partial charge in [0.2, 0.25) is 0 Å². The van der Waals surface area contributed by atoms with Crippen LogP contribution >= 0.6 is 0 Å². The molecule has 1 aromatic heterocycles. The summed E-state index contributed by atoms with van der Waals surface area (Å²) in [4.78, 5) is 16.2. The van der Waals surface area contributed by atoms with Crippen molar-refractivity contribution in [1.82, 2.24) is 14.8 Å². The summed E-state index contributed by atoms with van der Waals surface area (Å²) in [5.74, 6) is 0.933. The Kier molecular flexibility index (Phi) is 4.87. The van der Waals surface area contributed by atoms with Gasteiger partial charge in [-0.3, -0.25) is 4.79 Å². The van der Waals surface area contributed by atoms with E-state index in [1.54, 1.807) is 4.68 Å². The predicted molar refractivity (Wildman–Crippen MR) is 78.2 cm³/mol. The highest BCUT2D eigenvalue weighted by Crippen LogP contribution is 2.10. The largest absolute Gasteiger partial charge is 0.399 e. The number of nitrogens with zero attached hydrogens (tertiary/aromatic N) is 3. The molecule has 0 radical (unpaired) electrons. The monoisotopic (exact) mass is 272 g/mol. The highest BCUT2D eigenvalue weighted by molar-refractivity contribution is 5.80. The van der Waals surface area contributed by atoms with Crippen molar-refractivity contribution >= 4 is 11.5 Å². The Morgan fingerprint density at radius 1 is 1.40 bits per heavy atom. The number of benzene rings is 1. The van der Waals surface area contributed by atoms with Crippen LogP contribution in [0.3, 0.4) is 0 Å². The smallest absolute Gasteiger partial charge is 0.140 e. The first-order valence-electron chi connectivity index (χ1n) is 6.92. The zero-order chi connectivity index (χ0) is 14.4. The number of nitrogens with two attached hydrogens (primary N) is 1. The average molecular weight is 272 g/mol. The van der Waals surface area contributed by atoms with Gasteiger partial charge in [-0.15, -0.1) is 0 Å². The van der Waals surface area contributed by atoms with Crippen LogP contribution in [0.25, 0.3) is 0 Å². The molecule has 5 heteroatoms. The van der Waals surface area contributed by atoms with Crippen molar-refractivity contribution in [2.24, 2.45) is 0 Å². The minimum Gasteiger partial charge on any atom is -0.399 e. The third kappa shape index (κ3) is 3.91. The number of hydrogen-bond donors (Lipinski definition) is 1. The lowest BCUT2D eigenvalue weighted by atomic mass is 10.1. The molecule has 0 amide bonds. The van der Waals surface area contributed by atoms with Crippen LogP contribution < -0.4 is 5.73 Å². The molecule has 0 aliphatic carbocycles. The van der Waals surface area contributed by atoms with E-state index in [0.29, 0.717) is 19.3 Å². The van der Waals surface area contributed by atoms with Gasteiger partial charge in [-0.1, -0.05) is 19.1 Å². The summed E-state index contributed by atoms with van der Waals surface area (Å²) in [5.41, 5.74) is 7.55. The molecule has 0 fully saturated rings. The van der Waals surface area contributed by atoms with E-state index in [4.69, 9.17) is 5.73 Å². The Bertz CT molecular complexity index is 577. The van der Waals surface area contributed by atoms with Gasteiger partial charge < -0.3 is 5.73 Å². The lowest BCUT2D eigenvalue weighted by molar-refractivity contribution is -0.118. The third-order valence-electron chi connectivity index (χ3n) is 3.13. The SMILES string of the molecule is CCCn1ncnc1CC(=O)CCc1cccc(N)c1. The molecule has 0 aliphatic heterocycles. The van der Waals surface area contributed by atoms with E-state index in [1.165, 1.54) is 6.33 Å². The zero-order valence-electron chi connectivity index (χ0n) is 11.7. The lowest BCUT2D eigenvalue weighted by Crippen LogP contribution is -2.12. The van der Waals surface area contributed by atoms with Gasteiger partial charge in [0.1, 0.15) is 17.9 Å². The van der Waals surface area contributed by atoms with Crippen LogP contribution in [0.4, 0.5) is 5.69 Å². The summed E-state index contributed by atoms with van der Waals surface area (Å²) >= 11 is 0. The maximum Gasteiger partial charge on any atom is 0.140 e. The summed E-state index contributed by atoms with van der Waals surface area (Å²) in [5, 5.41) is 4.13. The quantitative estimate of drug-likeness (QED) is 0.782. The van der Waals surface area contributed by atoms with Crippen molar-refractivity contribution in [3.8, 4) is 0 Å². The molecule has 1 aromatic carbocycles. The topological polar surface area (TPSA) is 73.8 Å². The molecule has 5 nitrogen and oxygen atoms in total. The maximum atomic E-state index is 12.0. The summed E-state index contributed by atoms with van der Waals surface area (Å²) in [6.45, 7) is 2.88. The van der Waals surface area contributed by atoms with Crippen molar-refractivity contribution in [2.75, 3.05) is 5.73 Å². The maximum absolute atomic E-state index is 12.0. The van der Waals surface area contributed by atoms with Gasteiger partial charge in [0, 0.05) is 18.7 Å². The van der Waals surface area contributed by atoms with Crippen molar-refractivity contribution in [1.29, 1.82) is 0 Å². The summed E-state index contributed by atoms with van der Waals surface area (Å²) < 4.78 is 1.80. The second kappa shape index (κ2) is 6.84. The van der Waals surface area contributed by atoms with Crippen LogP contribution in [0.2, 0.25) is 0 Å².